The van der Waals surface area contributed by atoms with Gasteiger partial charge < -0.3 is 4.84 Å². The summed E-state index contributed by atoms with van der Waals surface area (Å²) < 4.78 is 0. The van der Waals surface area contributed by atoms with E-state index in [1.165, 1.54) is 0 Å². The summed E-state index contributed by atoms with van der Waals surface area (Å²) in [7, 11) is 0. The Bertz CT molecular complexity index is 685. The first-order chi connectivity index (χ1) is 11.7. The van der Waals surface area contributed by atoms with Crippen LogP contribution < -0.4 is 5.48 Å². The van der Waals surface area contributed by atoms with Crippen LogP contribution in [0, 0.1) is 0 Å². The summed E-state index contributed by atoms with van der Waals surface area (Å²) in [6.07, 6.45) is 5.46. The number of carbonyl (C=O) groups excluding carboxylic acids is 2. The van der Waals surface area contributed by atoms with Gasteiger partial charge in [-0.1, -0.05) is 44.0 Å². The molecule has 128 valence electrons. The molecule has 0 atom stereocenters. The third-order valence-corrected chi connectivity index (χ3v) is 3.81. The van der Waals surface area contributed by atoms with Gasteiger partial charge in [0.05, 0.1) is 5.52 Å². The fourth-order valence-electron chi connectivity index (χ4n) is 2.43. The lowest BCUT2D eigenvalue weighted by Crippen LogP contribution is -2.26. The summed E-state index contributed by atoms with van der Waals surface area (Å²) in [6, 6.07) is 12.3. The Morgan fingerprint density at radius 1 is 1.04 bits per heavy atom. The lowest BCUT2D eigenvalue weighted by Gasteiger charge is -2.05. The number of amides is 1. The Morgan fingerprint density at radius 3 is 2.67 bits per heavy atom. The number of fused-ring (bicyclic) bond motifs is 1. The van der Waals surface area contributed by atoms with Crippen LogP contribution >= 0.6 is 0 Å². The number of nitrogens with zero attached hydrogens (tertiary/aromatic N) is 1. The van der Waals surface area contributed by atoms with E-state index in [9.17, 15) is 9.59 Å². The van der Waals surface area contributed by atoms with Crippen molar-refractivity contribution < 1.29 is 14.4 Å². The molecule has 1 heterocycles. The maximum absolute atomic E-state index is 11.4. The van der Waals surface area contributed by atoms with E-state index in [4.69, 9.17) is 0 Å². The van der Waals surface area contributed by atoms with Crippen LogP contribution in [0.5, 0.6) is 0 Å². The molecular formula is C19H24N2O3. The number of aryl methyl sites for hydroxylation is 1. The van der Waals surface area contributed by atoms with Gasteiger partial charge in [-0.3, -0.25) is 9.78 Å². The fraction of sp³-hybridized carbons (Fsp3) is 0.421. The second-order valence-electron chi connectivity index (χ2n) is 5.76. The summed E-state index contributed by atoms with van der Waals surface area (Å²) in [5.74, 6) is -0.667. The van der Waals surface area contributed by atoms with E-state index in [0.29, 0.717) is 6.42 Å². The zero-order valence-corrected chi connectivity index (χ0v) is 14.1. The molecule has 1 N–H and O–H groups in total. The highest BCUT2D eigenvalue weighted by atomic mass is 16.7. The number of hydrogen-bond donors (Lipinski definition) is 1. The van der Waals surface area contributed by atoms with Gasteiger partial charge >= 0.3 is 5.97 Å². The molecule has 1 aromatic carbocycles. The highest BCUT2D eigenvalue weighted by Gasteiger charge is 2.04. The highest BCUT2D eigenvalue weighted by molar-refractivity contribution is 5.78. The normalized spacial score (nSPS) is 10.5. The van der Waals surface area contributed by atoms with E-state index in [0.717, 1.165) is 48.7 Å². The third kappa shape index (κ3) is 5.99. The zero-order valence-electron chi connectivity index (χ0n) is 14.1. The molecule has 2 aromatic rings. The topological polar surface area (TPSA) is 68.3 Å². The summed E-state index contributed by atoms with van der Waals surface area (Å²) in [5.41, 5.74) is 4.31. The van der Waals surface area contributed by atoms with Crippen LogP contribution in [0.4, 0.5) is 0 Å². The van der Waals surface area contributed by atoms with Crippen molar-refractivity contribution in [2.75, 3.05) is 0 Å². The van der Waals surface area contributed by atoms with Gasteiger partial charge in [-0.25, -0.2) is 4.79 Å². The van der Waals surface area contributed by atoms with Crippen molar-refractivity contribution in [3.8, 4) is 0 Å². The molecule has 24 heavy (non-hydrogen) atoms. The lowest BCUT2D eigenvalue weighted by molar-refractivity contribution is -0.158. The molecule has 0 aliphatic carbocycles. The standard InChI is InChI=1S/C19H24N2O3/c1-2-19(23)24-21-18(22)12-6-4-3-5-10-16-14-13-15-9-7-8-11-17(15)20-16/h7-9,11,13-14H,2-6,10,12H2,1H3,(H,21,22). The number of carbonyl (C=O) groups is 2. The molecule has 0 saturated carbocycles. The SMILES string of the molecule is CCC(=O)ONC(=O)CCCCCCc1ccc2ccccc2n1. The molecule has 0 unspecified atom stereocenters. The zero-order chi connectivity index (χ0) is 17.2. The first-order valence-electron chi connectivity index (χ1n) is 8.52. The van der Waals surface area contributed by atoms with Crippen molar-refractivity contribution in [1.29, 1.82) is 0 Å². The summed E-state index contributed by atoms with van der Waals surface area (Å²) in [5, 5.41) is 1.16. The molecule has 0 radical (unpaired) electrons. The quantitative estimate of drug-likeness (QED) is 0.592. The molecule has 5 heteroatoms. The minimum absolute atomic E-state index is 0.243. The second-order valence-corrected chi connectivity index (χ2v) is 5.76. The summed E-state index contributed by atoms with van der Waals surface area (Å²) >= 11 is 0. The van der Waals surface area contributed by atoms with E-state index < -0.39 is 5.97 Å². The molecular weight excluding hydrogens is 304 g/mol. The van der Waals surface area contributed by atoms with Gasteiger partial charge in [-0.2, -0.15) is 5.48 Å². The Kier molecular flexibility index (Phi) is 7.21. The van der Waals surface area contributed by atoms with E-state index >= 15 is 0 Å². The molecule has 1 amide bonds. The molecule has 5 nitrogen and oxygen atoms in total. The number of unbranched alkanes of at least 4 members (excludes halogenated alkanes) is 3. The maximum Gasteiger partial charge on any atom is 0.331 e. The molecule has 0 aliphatic rings. The van der Waals surface area contributed by atoms with Gasteiger partial charge in [0, 0.05) is 23.9 Å². The van der Waals surface area contributed by atoms with Crippen LogP contribution in [-0.4, -0.2) is 16.9 Å². The van der Waals surface area contributed by atoms with E-state index in [1.54, 1.807) is 6.92 Å². The Morgan fingerprint density at radius 2 is 1.83 bits per heavy atom. The summed E-state index contributed by atoms with van der Waals surface area (Å²) in [4.78, 5) is 31.6. The van der Waals surface area contributed by atoms with Crippen LogP contribution in [-0.2, 0) is 20.8 Å². The van der Waals surface area contributed by atoms with E-state index in [1.807, 2.05) is 18.2 Å². The van der Waals surface area contributed by atoms with Crippen molar-refractivity contribution in [2.24, 2.45) is 0 Å². The number of nitrogens with one attached hydrogen (secondary N) is 1. The number of hydroxylamine groups is 1. The predicted octanol–water partition coefficient (Wildman–Crippen LogP) is 3.71. The Balaban J connectivity index is 1.59. The number of aromatic nitrogens is 1. The average Bonchev–Trinajstić information content (AvgIpc) is 2.62. The largest absolute Gasteiger partial charge is 0.341 e. The number of para-hydroxylation sites is 1. The van der Waals surface area contributed by atoms with Crippen LogP contribution in [0.15, 0.2) is 36.4 Å². The van der Waals surface area contributed by atoms with E-state index in [-0.39, 0.29) is 12.3 Å². The molecule has 1 aromatic heterocycles. The van der Waals surface area contributed by atoms with Crippen molar-refractivity contribution in [2.45, 2.75) is 51.9 Å². The van der Waals surface area contributed by atoms with Crippen LogP contribution in [0.1, 0.15) is 51.1 Å². The molecule has 2 rings (SSSR count). The van der Waals surface area contributed by atoms with Gasteiger partial charge in [-0.05, 0) is 31.4 Å². The van der Waals surface area contributed by atoms with Gasteiger partial charge in [-0.15, -0.1) is 0 Å². The Labute approximate surface area is 142 Å². The second kappa shape index (κ2) is 9.65. The van der Waals surface area contributed by atoms with Crippen LogP contribution in [0.2, 0.25) is 0 Å². The lowest BCUT2D eigenvalue weighted by atomic mass is 10.1. The van der Waals surface area contributed by atoms with Crippen LogP contribution in [0.3, 0.4) is 0 Å². The first kappa shape index (κ1) is 17.9. The van der Waals surface area contributed by atoms with Gasteiger partial charge in [0.15, 0.2) is 0 Å². The number of rotatable bonds is 8. The molecule has 0 bridgehead atoms. The minimum Gasteiger partial charge on any atom is -0.341 e. The van der Waals surface area contributed by atoms with Crippen molar-refractivity contribution in [1.82, 2.24) is 10.5 Å². The van der Waals surface area contributed by atoms with Gasteiger partial charge in [0.2, 0.25) is 0 Å². The van der Waals surface area contributed by atoms with Crippen molar-refractivity contribution in [3.05, 3.63) is 42.1 Å². The molecule has 0 saturated heterocycles. The maximum atomic E-state index is 11.4. The third-order valence-electron chi connectivity index (χ3n) is 3.81. The smallest absolute Gasteiger partial charge is 0.331 e. The monoisotopic (exact) mass is 328 g/mol. The predicted molar refractivity (Wildman–Crippen MR) is 93.1 cm³/mol. The van der Waals surface area contributed by atoms with Gasteiger partial charge in [0.25, 0.3) is 5.91 Å². The molecule has 0 spiro atoms. The van der Waals surface area contributed by atoms with Crippen molar-refractivity contribution >= 4 is 22.8 Å². The highest BCUT2D eigenvalue weighted by Crippen LogP contribution is 2.14. The average molecular weight is 328 g/mol. The minimum atomic E-state index is -0.425. The number of hydrogen-bond acceptors (Lipinski definition) is 4. The number of benzene rings is 1. The fourth-order valence-corrected chi connectivity index (χ4v) is 2.43. The summed E-state index contributed by atoms with van der Waals surface area (Å²) in [6.45, 7) is 1.68. The first-order valence-corrected chi connectivity index (χ1v) is 8.52. The van der Waals surface area contributed by atoms with Gasteiger partial charge in [0.1, 0.15) is 0 Å². The Hall–Kier alpha value is -2.43. The van der Waals surface area contributed by atoms with Crippen molar-refractivity contribution in [3.63, 3.8) is 0 Å². The molecule has 0 fully saturated rings. The molecule has 0 aliphatic heterocycles. The van der Waals surface area contributed by atoms with E-state index in [2.05, 4.69) is 33.5 Å². The number of pyridine rings is 1. The van der Waals surface area contributed by atoms with Crippen LogP contribution in [0.25, 0.3) is 10.9 Å².